The van der Waals surface area contributed by atoms with E-state index in [1.807, 2.05) is 17.1 Å². The first kappa shape index (κ1) is 12.1. The topological polar surface area (TPSA) is 29.9 Å². The number of hydrogen-bond donors (Lipinski definition) is 1. The largest absolute Gasteiger partial charge is 0.307 e. The molecule has 1 aliphatic carbocycles. The summed E-state index contributed by atoms with van der Waals surface area (Å²) in [5.41, 5.74) is 0.420. The van der Waals surface area contributed by atoms with Gasteiger partial charge < -0.3 is 5.32 Å². The van der Waals surface area contributed by atoms with Crippen LogP contribution < -0.4 is 5.32 Å². The van der Waals surface area contributed by atoms with Crippen molar-refractivity contribution >= 4 is 15.9 Å². The Morgan fingerprint density at radius 1 is 1.62 bits per heavy atom. The van der Waals surface area contributed by atoms with Crippen molar-refractivity contribution in [2.24, 2.45) is 0 Å². The molecule has 1 aliphatic rings. The van der Waals surface area contributed by atoms with Gasteiger partial charge in [-0.15, -0.1) is 0 Å². The lowest BCUT2D eigenvalue weighted by Crippen LogP contribution is -2.54. The Morgan fingerprint density at radius 2 is 2.38 bits per heavy atom. The molecule has 1 aromatic heterocycles. The summed E-state index contributed by atoms with van der Waals surface area (Å²) < 4.78 is 3.04. The summed E-state index contributed by atoms with van der Waals surface area (Å²) in [4.78, 5) is 0. The first-order chi connectivity index (χ1) is 7.63. The SMILES string of the molecule is CCC1(NC(C)Cn2cc(Br)cn2)CCC1. The van der Waals surface area contributed by atoms with Crippen LogP contribution in [0.15, 0.2) is 16.9 Å². The van der Waals surface area contributed by atoms with Crippen molar-refractivity contribution in [3.8, 4) is 0 Å². The molecule has 1 N–H and O–H groups in total. The van der Waals surface area contributed by atoms with Crippen molar-refractivity contribution in [1.82, 2.24) is 15.1 Å². The van der Waals surface area contributed by atoms with Crippen molar-refractivity contribution in [1.29, 1.82) is 0 Å². The van der Waals surface area contributed by atoms with Gasteiger partial charge in [-0.3, -0.25) is 4.68 Å². The third-order valence-corrected chi connectivity index (χ3v) is 4.01. The van der Waals surface area contributed by atoms with E-state index in [-0.39, 0.29) is 0 Å². The van der Waals surface area contributed by atoms with Crippen LogP contribution >= 0.6 is 15.9 Å². The maximum Gasteiger partial charge on any atom is 0.0632 e. The Hall–Kier alpha value is -0.350. The fourth-order valence-corrected chi connectivity index (χ4v) is 2.82. The summed E-state index contributed by atoms with van der Waals surface area (Å²) in [6, 6.07) is 0.479. The van der Waals surface area contributed by atoms with Crippen LogP contribution in [0.4, 0.5) is 0 Å². The molecule has 0 bridgehead atoms. The van der Waals surface area contributed by atoms with Crippen LogP contribution in [0.25, 0.3) is 0 Å². The van der Waals surface area contributed by atoms with Crippen LogP contribution in [0.1, 0.15) is 39.5 Å². The van der Waals surface area contributed by atoms with E-state index in [0.29, 0.717) is 11.6 Å². The summed E-state index contributed by atoms with van der Waals surface area (Å²) in [5.74, 6) is 0. The number of hydrogen-bond acceptors (Lipinski definition) is 2. The first-order valence-corrected chi connectivity index (χ1v) is 6.88. The monoisotopic (exact) mass is 285 g/mol. The number of nitrogens with zero attached hydrogens (tertiary/aromatic N) is 2. The summed E-state index contributed by atoms with van der Waals surface area (Å²) >= 11 is 3.42. The van der Waals surface area contributed by atoms with Gasteiger partial charge in [-0.05, 0) is 48.5 Å². The van der Waals surface area contributed by atoms with Gasteiger partial charge in [-0.2, -0.15) is 5.10 Å². The smallest absolute Gasteiger partial charge is 0.0632 e. The van der Waals surface area contributed by atoms with Crippen molar-refractivity contribution in [2.75, 3.05) is 0 Å². The van der Waals surface area contributed by atoms with E-state index in [1.54, 1.807) is 0 Å². The number of halogens is 1. The molecule has 90 valence electrons. The minimum atomic E-state index is 0.420. The van der Waals surface area contributed by atoms with Crippen LogP contribution in [-0.2, 0) is 6.54 Å². The minimum Gasteiger partial charge on any atom is -0.307 e. The number of aromatic nitrogens is 2. The fourth-order valence-electron chi connectivity index (χ4n) is 2.49. The average molecular weight is 286 g/mol. The van der Waals surface area contributed by atoms with Crippen molar-refractivity contribution in [3.05, 3.63) is 16.9 Å². The molecule has 0 amide bonds. The molecule has 1 heterocycles. The molecule has 4 heteroatoms. The second-order valence-electron chi connectivity index (χ2n) is 4.91. The summed E-state index contributed by atoms with van der Waals surface area (Å²) in [6.07, 6.45) is 9.14. The van der Waals surface area contributed by atoms with Gasteiger partial charge in [0.2, 0.25) is 0 Å². The van der Waals surface area contributed by atoms with Gasteiger partial charge in [-0.1, -0.05) is 6.92 Å². The Morgan fingerprint density at radius 3 is 2.81 bits per heavy atom. The van der Waals surface area contributed by atoms with Crippen molar-refractivity contribution in [3.63, 3.8) is 0 Å². The molecular weight excluding hydrogens is 266 g/mol. The lowest BCUT2D eigenvalue weighted by atomic mass is 9.74. The Labute approximate surface area is 106 Å². The zero-order chi connectivity index (χ0) is 11.6. The molecule has 2 rings (SSSR count). The van der Waals surface area contributed by atoms with E-state index in [2.05, 4.69) is 40.2 Å². The molecule has 0 saturated heterocycles. The molecule has 1 aromatic rings. The van der Waals surface area contributed by atoms with E-state index >= 15 is 0 Å². The molecule has 3 nitrogen and oxygen atoms in total. The van der Waals surface area contributed by atoms with Crippen LogP contribution in [0.5, 0.6) is 0 Å². The van der Waals surface area contributed by atoms with Crippen LogP contribution in [0.3, 0.4) is 0 Å². The van der Waals surface area contributed by atoms with Crippen LogP contribution in [0, 0.1) is 0 Å². The maximum atomic E-state index is 4.29. The second-order valence-corrected chi connectivity index (χ2v) is 5.83. The highest BCUT2D eigenvalue weighted by molar-refractivity contribution is 9.10. The number of rotatable bonds is 5. The van der Waals surface area contributed by atoms with E-state index < -0.39 is 0 Å². The highest BCUT2D eigenvalue weighted by atomic mass is 79.9. The first-order valence-electron chi connectivity index (χ1n) is 6.09. The Bertz CT molecular complexity index is 338. The molecule has 16 heavy (non-hydrogen) atoms. The van der Waals surface area contributed by atoms with Crippen LogP contribution in [-0.4, -0.2) is 21.4 Å². The van der Waals surface area contributed by atoms with Gasteiger partial charge in [0.25, 0.3) is 0 Å². The summed E-state index contributed by atoms with van der Waals surface area (Å²) in [5, 5.41) is 8.05. The van der Waals surface area contributed by atoms with Gasteiger partial charge in [0.05, 0.1) is 17.2 Å². The normalized spacial score (nSPS) is 20.4. The highest BCUT2D eigenvalue weighted by Crippen LogP contribution is 2.35. The van der Waals surface area contributed by atoms with E-state index in [9.17, 15) is 0 Å². The molecule has 0 radical (unpaired) electrons. The fraction of sp³-hybridized carbons (Fsp3) is 0.750. The van der Waals surface area contributed by atoms with Gasteiger partial charge in [0.1, 0.15) is 0 Å². The molecule has 1 fully saturated rings. The summed E-state index contributed by atoms with van der Waals surface area (Å²) in [6.45, 7) is 5.46. The van der Waals surface area contributed by atoms with E-state index in [0.717, 1.165) is 11.0 Å². The molecule has 1 unspecified atom stereocenters. The van der Waals surface area contributed by atoms with Gasteiger partial charge in [-0.25, -0.2) is 0 Å². The lowest BCUT2D eigenvalue weighted by Gasteiger charge is -2.44. The standard InChI is InChI=1S/C12H20BrN3/c1-3-12(5-4-6-12)15-10(2)8-16-9-11(13)7-14-16/h7,9-10,15H,3-6,8H2,1-2H3. The zero-order valence-corrected chi connectivity index (χ0v) is 11.6. The minimum absolute atomic E-state index is 0.420. The van der Waals surface area contributed by atoms with Gasteiger partial charge in [0, 0.05) is 17.8 Å². The van der Waals surface area contributed by atoms with E-state index in [4.69, 9.17) is 0 Å². The molecular formula is C12H20BrN3. The van der Waals surface area contributed by atoms with Crippen LogP contribution in [0.2, 0.25) is 0 Å². The highest BCUT2D eigenvalue weighted by Gasteiger charge is 2.35. The second kappa shape index (κ2) is 4.88. The predicted molar refractivity (Wildman–Crippen MR) is 69.4 cm³/mol. The van der Waals surface area contributed by atoms with Gasteiger partial charge >= 0.3 is 0 Å². The molecule has 1 saturated carbocycles. The molecule has 0 aromatic carbocycles. The van der Waals surface area contributed by atoms with Crippen molar-refractivity contribution in [2.45, 2.75) is 57.7 Å². The number of nitrogens with one attached hydrogen (secondary N) is 1. The van der Waals surface area contributed by atoms with Crippen molar-refractivity contribution < 1.29 is 0 Å². The Kier molecular flexibility index (Phi) is 3.70. The zero-order valence-electron chi connectivity index (χ0n) is 10.0. The van der Waals surface area contributed by atoms with Gasteiger partial charge in [0.15, 0.2) is 0 Å². The van der Waals surface area contributed by atoms with E-state index in [1.165, 1.54) is 25.7 Å². The lowest BCUT2D eigenvalue weighted by molar-refractivity contribution is 0.153. The molecule has 0 aliphatic heterocycles. The molecule has 1 atom stereocenters. The third-order valence-electron chi connectivity index (χ3n) is 3.60. The summed E-state index contributed by atoms with van der Waals surface area (Å²) in [7, 11) is 0. The third kappa shape index (κ3) is 2.66. The maximum absolute atomic E-state index is 4.29. The predicted octanol–water partition coefficient (Wildman–Crippen LogP) is 2.96. The Balaban J connectivity index is 1.86. The molecule has 0 spiro atoms. The quantitative estimate of drug-likeness (QED) is 0.902. The average Bonchev–Trinajstić information content (AvgIpc) is 2.57.